The summed E-state index contributed by atoms with van der Waals surface area (Å²) in [5, 5.41) is 0. The first-order valence-corrected chi connectivity index (χ1v) is 5.74. The van der Waals surface area contributed by atoms with E-state index in [1.807, 2.05) is 7.05 Å². The van der Waals surface area contributed by atoms with Gasteiger partial charge in [0.25, 0.3) is 0 Å². The molecule has 15 heavy (non-hydrogen) atoms. The molecule has 1 aliphatic rings. The van der Waals surface area contributed by atoms with Crippen LogP contribution in [0.5, 0.6) is 0 Å². The molecule has 0 aliphatic heterocycles. The standard InChI is InChI=1S/C12H23NO2/c1-6-12(2,3)13(4)10(9-7-8-9)11(14)15-5/h9-10H,6-8H2,1-5H3. The topological polar surface area (TPSA) is 29.5 Å². The quantitative estimate of drug-likeness (QED) is 0.655. The average molecular weight is 213 g/mol. The lowest BCUT2D eigenvalue weighted by Crippen LogP contribution is -2.51. The third-order valence-electron chi connectivity index (χ3n) is 3.75. The van der Waals surface area contributed by atoms with Crippen molar-refractivity contribution < 1.29 is 9.53 Å². The number of hydrogen-bond donors (Lipinski definition) is 0. The van der Waals surface area contributed by atoms with E-state index in [9.17, 15) is 4.79 Å². The molecule has 0 radical (unpaired) electrons. The van der Waals surface area contributed by atoms with Crippen LogP contribution in [0.3, 0.4) is 0 Å². The van der Waals surface area contributed by atoms with Crippen molar-refractivity contribution in [3.05, 3.63) is 0 Å². The van der Waals surface area contributed by atoms with Crippen LogP contribution in [0, 0.1) is 5.92 Å². The van der Waals surface area contributed by atoms with E-state index in [1.165, 1.54) is 7.11 Å². The molecule has 0 saturated heterocycles. The SMILES string of the molecule is CCC(C)(C)N(C)C(C(=O)OC)C1CC1. The molecule has 1 atom stereocenters. The molecular formula is C12H23NO2. The Morgan fingerprint density at radius 3 is 2.40 bits per heavy atom. The van der Waals surface area contributed by atoms with Gasteiger partial charge in [0.1, 0.15) is 6.04 Å². The molecule has 1 unspecified atom stereocenters. The maximum Gasteiger partial charge on any atom is 0.323 e. The molecule has 0 N–H and O–H groups in total. The van der Waals surface area contributed by atoms with Gasteiger partial charge in [0.15, 0.2) is 0 Å². The number of methoxy groups -OCH3 is 1. The van der Waals surface area contributed by atoms with Crippen LogP contribution in [0.25, 0.3) is 0 Å². The van der Waals surface area contributed by atoms with Gasteiger partial charge >= 0.3 is 5.97 Å². The van der Waals surface area contributed by atoms with E-state index in [2.05, 4.69) is 25.7 Å². The summed E-state index contributed by atoms with van der Waals surface area (Å²) >= 11 is 0. The second kappa shape index (κ2) is 4.52. The molecule has 0 aromatic heterocycles. The van der Waals surface area contributed by atoms with Crippen molar-refractivity contribution in [2.45, 2.75) is 51.6 Å². The lowest BCUT2D eigenvalue weighted by Gasteiger charge is -2.39. The summed E-state index contributed by atoms with van der Waals surface area (Å²) in [4.78, 5) is 13.9. The molecule has 0 amide bonds. The maximum atomic E-state index is 11.7. The first-order valence-electron chi connectivity index (χ1n) is 5.74. The van der Waals surface area contributed by atoms with Gasteiger partial charge in [-0.1, -0.05) is 6.92 Å². The second-order valence-electron chi connectivity index (χ2n) is 5.08. The fraction of sp³-hybridized carbons (Fsp3) is 0.917. The van der Waals surface area contributed by atoms with Crippen molar-refractivity contribution in [2.24, 2.45) is 5.92 Å². The molecule has 1 fully saturated rings. The fourth-order valence-electron chi connectivity index (χ4n) is 1.83. The van der Waals surface area contributed by atoms with Crippen molar-refractivity contribution in [1.29, 1.82) is 0 Å². The molecule has 0 aromatic carbocycles. The van der Waals surface area contributed by atoms with Gasteiger partial charge < -0.3 is 4.74 Å². The zero-order valence-electron chi connectivity index (χ0n) is 10.5. The third-order valence-corrected chi connectivity index (χ3v) is 3.75. The highest BCUT2D eigenvalue weighted by Crippen LogP contribution is 2.38. The number of rotatable bonds is 5. The fourth-order valence-corrected chi connectivity index (χ4v) is 1.83. The summed E-state index contributed by atoms with van der Waals surface area (Å²) in [5.41, 5.74) is 0.0570. The largest absolute Gasteiger partial charge is 0.468 e. The zero-order chi connectivity index (χ0) is 11.6. The average Bonchev–Trinajstić information content (AvgIpc) is 3.01. The van der Waals surface area contributed by atoms with Crippen molar-refractivity contribution in [1.82, 2.24) is 4.90 Å². The Labute approximate surface area is 92.8 Å². The van der Waals surface area contributed by atoms with Gasteiger partial charge in [-0.15, -0.1) is 0 Å². The van der Waals surface area contributed by atoms with Crippen molar-refractivity contribution >= 4 is 5.97 Å². The van der Waals surface area contributed by atoms with E-state index >= 15 is 0 Å². The van der Waals surface area contributed by atoms with Crippen LogP contribution >= 0.6 is 0 Å². The zero-order valence-corrected chi connectivity index (χ0v) is 10.5. The highest BCUT2D eigenvalue weighted by Gasteiger charge is 2.43. The predicted octanol–water partition coefficient (Wildman–Crippen LogP) is 2.06. The molecular weight excluding hydrogens is 190 g/mol. The summed E-state index contributed by atoms with van der Waals surface area (Å²) in [6.07, 6.45) is 3.34. The highest BCUT2D eigenvalue weighted by molar-refractivity contribution is 5.76. The second-order valence-corrected chi connectivity index (χ2v) is 5.08. The Kier molecular flexibility index (Phi) is 3.77. The monoisotopic (exact) mass is 213 g/mol. The normalized spacial score (nSPS) is 19.1. The Hall–Kier alpha value is -0.570. The number of likely N-dealkylation sites (N-methyl/N-ethyl adjacent to an activating group) is 1. The molecule has 1 saturated carbocycles. The molecule has 1 rings (SSSR count). The van der Waals surface area contributed by atoms with Gasteiger partial charge in [0.05, 0.1) is 7.11 Å². The minimum Gasteiger partial charge on any atom is -0.468 e. The van der Waals surface area contributed by atoms with Gasteiger partial charge in [-0.2, -0.15) is 0 Å². The Morgan fingerprint density at radius 1 is 1.53 bits per heavy atom. The minimum absolute atomic E-state index is 0.0510. The number of esters is 1. The summed E-state index contributed by atoms with van der Waals surface area (Å²) in [5.74, 6) is 0.426. The lowest BCUT2D eigenvalue weighted by molar-refractivity contribution is -0.149. The van der Waals surface area contributed by atoms with E-state index in [0.717, 1.165) is 19.3 Å². The Balaban J connectivity index is 2.75. The summed E-state index contributed by atoms with van der Waals surface area (Å²) in [6, 6.07) is -0.0510. The van der Waals surface area contributed by atoms with Crippen LogP contribution < -0.4 is 0 Å². The highest BCUT2D eigenvalue weighted by atomic mass is 16.5. The van der Waals surface area contributed by atoms with E-state index in [0.29, 0.717) is 5.92 Å². The molecule has 0 aromatic rings. The number of ether oxygens (including phenoxy) is 1. The number of carbonyl (C=O) groups excluding carboxylic acids is 1. The van der Waals surface area contributed by atoms with Crippen molar-refractivity contribution in [3.63, 3.8) is 0 Å². The first-order chi connectivity index (χ1) is 6.94. The van der Waals surface area contributed by atoms with E-state index in [1.54, 1.807) is 0 Å². The Morgan fingerprint density at radius 2 is 2.07 bits per heavy atom. The summed E-state index contributed by atoms with van der Waals surface area (Å²) in [7, 11) is 3.51. The molecule has 0 spiro atoms. The van der Waals surface area contributed by atoms with Crippen LogP contribution in [0.1, 0.15) is 40.0 Å². The van der Waals surface area contributed by atoms with Gasteiger partial charge in [0.2, 0.25) is 0 Å². The van der Waals surface area contributed by atoms with Crippen LogP contribution in [0.2, 0.25) is 0 Å². The van der Waals surface area contributed by atoms with E-state index < -0.39 is 0 Å². The van der Waals surface area contributed by atoms with Crippen LogP contribution in [0.4, 0.5) is 0 Å². The number of nitrogens with zero attached hydrogens (tertiary/aromatic N) is 1. The van der Waals surface area contributed by atoms with Gasteiger partial charge in [0, 0.05) is 5.54 Å². The smallest absolute Gasteiger partial charge is 0.323 e. The summed E-state index contributed by atoms with van der Waals surface area (Å²) in [6.45, 7) is 6.49. The van der Waals surface area contributed by atoms with E-state index in [4.69, 9.17) is 4.74 Å². The van der Waals surface area contributed by atoms with Crippen molar-refractivity contribution in [2.75, 3.05) is 14.2 Å². The van der Waals surface area contributed by atoms with E-state index in [-0.39, 0.29) is 17.6 Å². The Bertz CT molecular complexity index is 234. The first kappa shape index (κ1) is 12.5. The minimum atomic E-state index is -0.0819. The molecule has 1 aliphatic carbocycles. The lowest BCUT2D eigenvalue weighted by atomic mass is 9.96. The van der Waals surface area contributed by atoms with Crippen molar-refractivity contribution in [3.8, 4) is 0 Å². The molecule has 88 valence electrons. The molecule has 0 heterocycles. The van der Waals surface area contributed by atoms with Crippen LogP contribution in [0.15, 0.2) is 0 Å². The number of carbonyl (C=O) groups is 1. The predicted molar refractivity (Wildman–Crippen MR) is 60.7 cm³/mol. The molecule has 3 heteroatoms. The van der Waals surface area contributed by atoms with Crippen LogP contribution in [-0.2, 0) is 9.53 Å². The maximum absolute atomic E-state index is 11.7. The number of hydrogen-bond acceptors (Lipinski definition) is 3. The van der Waals surface area contributed by atoms with Gasteiger partial charge in [-0.05, 0) is 46.1 Å². The summed E-state index contributed by atoms with van der Waals surface area (Å²) < 4.78 is 4.89. The molecule has 3 nitrogen and oxygen atoms in total. The van der Waals surface area contributed by atoms with Gasteiger partial charge in [-0.3, -0.25) is 9.69 Å². The van der Waals surface area contributed by atoms with Gasteiger partial charge in [-0.25, -0.2) is 0 Å². The van der Waals surface area contributed by atoms with Crippen LogP contribution in [-0.4, -0.2) is 36.6 Å². The third kappa shape index (κ3) is 2.71. The molecule has 0 bridgehead atoms.